The molecule has 1 aromatic rings. The van der Waals surface area contributed by atoms with Crippen LogP contribution in [0, 0.1) is 0 Å². The van der Waals surface area contributed by atoms with E-state index in [0.29, 0.717) is 12.4 Å². The molecule has 6 heteroatoms. The second-order valence-corrected chi connectivity index (χ2v) is 6.15. The van der Waals surface area contributed by atoms with Crippen molar-refractivity contribution in [2.45, 2.75) is 38.2 Å². The van der Waals surface area contributed by atoms with E-state index in [9.17, 15) is 8.42 Å². The zero-order valence-corrected chi connectivity index (χ0v) is 11.9. The van der Waals surface area contributed by atoms with E-state index in [1.807, 2.05) is 24.3 Å². The maximum Gasteiger partial charge on any atom is 0.261 e. The number of hydrogen-bond acceptors (Lipinski definition) is 4. The molecule has 0 radical (unpaired) electrons. The molecule has 5 nitrogen and oxygen atoms in total. The molecule has 1 aromatic carbocycles. The highest BCUT2D eigenvalue weighted by Crippen LogP contribution is 2.23. The Labute approximate surface area is 114 Å². The fourth-order valence-electron chi connectivity index (χ4n) is 1.92. The number of hydrogen-bond donors (Lipinski definition) is 2. The van der Waals surface area contributed by atoms with Crippen molar-refractivity contribution in [2.75, 3.05) is 12.0 Å². The van der Waals surface area contributed by atoms with E-state index >= 15 is 0 Å². The summed E-state index contributed by atoms with van der Waals surface area (Å²) >= 11 is 0. The van der Waals surface area contributed by atoms with Crippen molar-refractivity contribution >= 4 is 15.8 Å². The van der Waals surface area contributed by atoms with E-state index in [2.05, 4.69) is 0 Å². The summed E-state index contributed by atoms with van der Waals surface area (Å²) in [5.74, 6) is 0.950. The Hall–Kier alpha value is -1.27. The average molecular weight is 287 g/mol. The highest BCUT2D eigenvalue weighted by atomic mass is 32.2. The predicted octanol–water partition coefficient (Wildman–Crippen LogP) is 2.48. The van der Waals surface area contributed by atoms with E-state index in [-0.39, 0.29) is 0 Å². The van der Waals surface area contributed by atoms with Crippen molar-refractivity contribution in [2.24, 2.45) is 0 Å². The van der Waals surface area contributed by atoms with Crippen LogP contribution in [0.5, 0.6) is 5.75 Å². The molecule has 1 fully saturated rings. The van der Waals surface area contributed by atoms with Gasteiger partial charge in [0.25, 0.3) is 10.1 Å². The Morgan fingerprint density at radius 1 is 1.16 bits per heavy atom. The number of rotatable bonds is 2. The molecule has 1 aliphatic rings. The fourth-order valence-corrected chi connectivity index (χ4v) is 1.92. The first-order chi connectivity index (χ1) is 8.84. The van der Waals surface area contributed by atoms with Gasteiger partial charge in [-0.1, -0.05) is 6.42 Å². The van der Waals surface area contributed by atoms with E-state index in [4.69, 9.17) is 15.0 Å². The molecular formula is C13H21NO4S. The highest BCUT2D eigenvalue weighted by Gasteiger charge is 2.14. The van der Waals surface area contributed by atoms with Gasteiger partial charge in [0.1, 0.15) is 5.75 Å². The lowest BCUT2D eigenvalue weighted by molar-refractivity contribution is 0.155. The highest BCUT2D eigenvalue weighted by molar-refractivity contribution is 7.85. The van der Waals surface area contributed by atoms with Crippen molar-refractivity contribution in [1.29, 1.82) is 0 Å². The molecule has 1 aliphatic carbocycles. The summed E-state index contributed by atoms with van der Waals surface area (Å²) in [5, 5.41) is 0. The Morgan fingerprint density at radius 3 is 2.11 bits per heavy atom. The third-order valence-electron chi connectivity index (χ3n) is 2.74. The van der Waals surface area contributed by atoms with Crippen molar-refractivity contribution < 1.29 is 17.7 Å². The van der Waals surface area contributed by atoms with Gasteiger partial charge in [0.15, 0.2) is 0 Å². The zero-order chi connectivity index (χ0) is 14.3. The molecule has 0 saturated heterocycles. The van der Waals surface area contributed by atoms with Gasteiger partial charge >= 0.3 is 0 Å². The number of benzene rings is 1. The van der Waals surface area contributed by atoms with Crippen LogP contribution in [0.15, 0.2) is 24.3 Å². The van der Waals surface area contributed by atoms with Gasteiger partial charge in [-0.25, -0.2) is 0 Å². The smallest absolute Gasteiger partial charge is 0.261 e. The Kier molecular flexibility index (Phi) is 6.11. The minimum atomic E-state index is -3.67. The van der Waals surface area contributed by atoms with E-state index in [1.165, 1.54) is 32.1 Å². The molecular weight excluding hydrogens is 266 g/mol. The molecule has 0 spiro atoms. The molecule has 0 atom stereocenters. The summed E-state index contributed by atoms with van der Waals surface area (Å²) in [6.45, 7) is 0. The first-order valence-electron chi connectivity index (χ1n) is 6.29. The fraction of sp³-hybridized carbons (Fsp3) is 0.538. The van der Waals surface area contributed by atoms with Crippen molar-refractivity contribution in [1.82, 2.24) is 0 Å². The van der Waals surface area contributed by atoms with Crippen LogP contribution in [0.2, 0.25) is 0 Å². The molecule has 0 bridgehead atoms. The molecule has 108 valence electrons. The zero-order valence-electron chi connectivity index (χ0n) is 11.1. The lowest BCUT2D eigenvalue weighted by Crippen LogP contribution is -2.19. The molecule has 1 saturated carbocycles. The topological polar surface area (TPSA) is 89.6 Å². The molecule has 0 unspecified atom stereocenters. The minimum Gasteiger partial charge on any atom is -0.490 e. The molecule has 0 heterocycles. The summed E-state index contributed by atoms with van der Waals surface area (Å²) in [6.07, 6.45) is 7.51. The lowest BCUT2D eigenvalue weighted by atomic mass is 9.98. The summed E-state index contributed by atoms with van der Waals surface area (Å²) in [5.41, 5.74) is 6.40. The van der Waals surface area contributed by atoms with E-state index in [1.54, 1.807) is 0 Å². The third-order valence-corrected chi connectivity index (χ3v) is 2.74. The molecule has 19 heavy (non-hydrogen) atoms. The van der Waals surface area contributed by atoms with Crippen LogP contribution in [0.4, 0.5) is 5.69 Å². The van der Waals surface area contributed by atoms with Gasteiger partial charge in [0.05, 0.1) is 12.4 Å². The number of anilines is 1. The van der Waals surface area contributed by atoms with Gasteiger partial charge < -0.3 is 10.5 Å². The first kappa shape index (κ1) is 15.8. The van der Waals surface area contributed by atoms with Crippen LogP contribution in [0.25, 0.3) is 0 Å². The summed E-state index contributed by atoms with van der Waals surface area (Å²) in [6, 6.07) is 7.67. The Bertz CT molecular complexity index is 456. The van der Waals surface area contributed by atoms with Gasteiger partial charge in [0.2, 0.25) is 0 Å². The van der Waals surface area contributed by atoms with Gasteiger partial charge in [-0.2, -0.15) is 8.42 Å². The third kappa shape index (κ3) is 8.45. The maximum absolute atomic E-state index is 9.19. The van der Waals surface area contributed by atoms with Crippen LogP contribution in [0.3, 0.4) is 0 Å². The maximum atomic E-state index is 9.19. The van der Waals surface area contributed by atoms with Gasteiger partial charge in [-0.05, 0) is 49.9 Å². The number of nitrogen functional groups attached to an aromatic ring is 1. The molecule has 2 rings (SSSR count). The standard InChI is InChI=1S/C12H17NO.CH4O3S/c13-10-6-8-12(9-7-10)14-11-4-2-1-3-5-11;1-5(2,3)4/h6-9,11H,1-5,13H2;1H3,(H,2,3,4). The van der Waals surface area contributed by atoms with Crippen LogP contribution in [-0.2, 0) is 10.1 Å². The molecule has 0 aliphatic heterocycles. The van der Waals surface area contributed by atoms with Crippen molar-refractivity contribution in [3.63, 3.8) is 0 Å². The van der Waals surface area contributed by atoms with E-state index < -0.39 is 10.1 Å². The van der Waals surface area contributed by atoms with Crippen molar-refractivity contribution in [3.05, 3.63) is 24.3 Å². The van der Waals surface area contributed by atoms with Gasteiger partial charge in [0, 0.05) is 5.69 Å². The Morgan fingerprint density at radius 2 is 1.63 bits per heavy atom. The van der Waals surface area contributed by atoms with Crippen molar-refractivity contribution in [3.8, 4) is 5.75 Å². The average Bonchev–Trinajstić information content (AvgIpc) is 2.31. The SMILES string of the molecule is CS(=O)(=O)O.Nc1ccc(OC2CCCCC2)cc1. The quantitative estimate of drug-likeness (QED) is 0.644. The van der Waals surface area contributed by atoms with Crippen LogP contribution in [0.1, 0.15) is 32.1 Å². The molecule has 3 N–H and O–H groups in total. The monoisotopic (exact) mass is 287 g/mol. The predicted molar refractivity (Wildman–Crippen MR) is 75.8 cm³/mol. The second-order valence-electron chi connectivity index (χ2n) is 4.68. The largest absolute Gasteiger partial charge is 0.490 e. The lowest BCUT2D eigenvalue weighted by Gasteiger charge is -2.22. The second kappa shape index (κ2) is 7.35. The summed E-state index contributed by atoms with van der Waals surface area (Å²) in [7, 11) is -3.67. The summed E-state index contributed by atoms with van der Waals surface area (Å²) < 4.78 is 31.7. The van der Waals surface area contributed by atoms with Crippen LogP contribution in [-0.4, -0.2) is 25.3 Å². The Balaban J connectivity index is 0.000000312. The number of nitrogens with two attached hydrogens (primary N) is 1. The van der Waals surface area contributed by atoms with Gasteiger partial charge in [-0.3, -0.25) is 4.55 Å². The van der Waals surface area contributed by atoms with Crippen LogP contribution >= 0.6 is 0 Å². The summed E-state index contributed by atoms with van der Waals surface area (Å²) in [4.78, 5) is 0. The van der Waals surface area contributed by atoms with Gasteiger partial charge in [-0.15, -0.1) is 0 Å². The first-order valence-corrected chi connectivity index (χ1v) is 8.14. The normalized spacial score (nSPS) is 16.3. The van der Waals surface area contributed by atoms with E-state index in [0.717, 1.165) is 11.4 Å². The molecule has 0 amide bonds. The number of ether oxygens (including phenoxy) is 1. The minimum absolute atomic E-state index is 0.423. The molecule has 0 aromatic heterocycles. The van der Waals surface area contributed by atoms with Crippen LogP contribution < -0.4 is 10.5 Å².